The third kappa shape index (κ3) is 4.48. The Bertz CT molecular complexity index is 3190. The highest BCUT2D eigenvalue weighted by molar-refractivity contribution is 7.27. The Labute approximate surface area is 301 Å². The maximum Gasteiger partial charge on any atom is 0.164 e. The van der Waals surface area contributed by atoms with Gasteiger partial charge in [-0.25, -0.2) is 19.9 Å². The smallest absolute Gasteiger partial charge is 0.164 e. The van der Waals surface area contributed by atoms with E-state index in [9.17, 15) is 0 Å². The first-order chi connectivity index (χ1) is 25.8. The number of para-hydroxylation sites is 2. The van der Waals surface area contributed by atoms with Crippen LogP contribution in [0.2, 0.25) is 0 Å². The van der Waals surface area contributed by atoms with Gasteiger partial charge in [0.2, 0.25) is 0 Å². The van der Waals surface area contributed by atoms with Gasteiger partial charge in [-0.2, -0.15) is 0 Å². The number of thiophene rings is 1. The molecular weight excluding hydrogens is 657 g/mol. The first kappa shape index (κ1) is 29.0. The van der Waals surface area contributed by atoms with Gasteiger partial charge in [-0.15, -0.1) is 11.3 Å². The molecule has 242 valence electrons. The number of benzene rings is 7. The summed E-state index contributed by atoms with van der Waals surface area (Å²) in [5.74, 6) is 1.85. The number of pyridine rings is 1. The predicted octanol–water partition coefficient (Wildman–Crippen LogP) is 12.5. The molecule has 0 amide bonds. The van der Waals surface area contributed by atoms with E-state index in [4.69, 9.17) is 24.4 Å². The molecule has 11 aromatic rings. The molecule has 0 bridgehead atoms. The molecule has 0 radical (unpaired) electrons. The van der Waals surface area contributed by atoms with Gasteiger partial charge in [-0.3, -0.25) is 0 Å². The van der Waals surface area contributed by atoms with Gasteiger partial charge in [0.05, 0.1) is 11.2 Å². The average molecular weight is 683 g/mol. The first-order valence-electron chi connectivity index (χ1n) is 17.2. The van der Waals surface area contributed by atoms with Crippen LogP contribution in [0.1, 0.15) is 0 Å². The zero-order chi connectivity index (χ0) is 34.2. The monoisotopic (exact) mass is 682 g/mol. The number of hydrogen-bond acceptors (Lipinski definition) is 6. The Hall–Kier alpha value is -6.76. The molecule has 0 aliphatic rings. The lowest BCUT2D eigenvalue weighted by molar-refractivity contribution is 0.669. The van der Waals surface area contributed by atoms with Crippen molar-refractivity contribution in [2.24, 2.45) is 0 Å². The molecule has 11 rings (SSSR count). The largest absolute Gasteiger partial charge is 0.456 e. The summed E-state index contributed by atoms with van der Waals surface area (Å²) >= 11 is 1.81. The highest BCUT2D eigenvalue weighted by Crippen LogP contribution is 2.46. The molecular formula is C46H26N4OS. The van der Waals surface area contributed by atoms with E-state index in [0.29, 0.717) is 17.5 Å². The molecule has 0 aliphatic carbocycles. The Morgan fingerprint density at radius 2 is 1.06 bits per heavy atom. The number of aromatic nitrogens is 4. The van der Waals surface area contributed by atoms with Crippen molar-refractivity contribution in [3.63, 3.8) is 0 Å². The second-order valence-corrected chi connectivity index (χ2v) is 14.0. The molecule has 0 atom stereocenters. The standard InChI is InChI=1S/C46H26N4OS/c1-3-12-27(13-4-1)42-33-24-25-34-40-35(18-11-21-39(40)52-43(34)41(33)32-17-7-9-19-36(32)47-42)46-49-44(28-14-5-2-6-15-28)48-45(50-46)29-22-23-31-30-16-8-10-20-37(30)51-38(31)26-29/h1-26H. The maximum atomic E-state index is 6.27. The van der Waals surface area contributed by atoms with Gasteiger partial charge in [0, 0.05) is 69.4 Å². The number of nitrogens with zero attached hydrogens (tertiary/aromatic N) is 4. The second-order valence-electron chi connectivity index (χ2n) is 13.0. The van der Waals surface area contributed by atoms with Crippen LogP contribution in [0.4, 0.5) is 0 Å². The topological polar surface area (TPSA) is 64.7 Å². The fourth-order valence-corrected chi connectivity index (χ4v) is 8.82. The molecule has 6 heteroatoms. The molecule has 0 unspecified atom stereocenters. The number of hydrogen-bond donors (Lipinski definition) is 0. The van der Waals surface area contributed by atoms with Crippen LogP contribution >= 0.6 is 11.3 Å². The van der Waals surface area contributed by atoms with Crippen LogP contribution in [0.25, 0.3) is 109 Å². The molecule has 0 N–H and O–H groups in total. The van der Waals surface area contributed by atoms with E-state index in [-0.39, 0.29) is 0 Å². The second kappa shape index (κ2) is 11.4. The molecule has 0 saturated heterocycles. The van der Waals surface area contributed by atoms with Crippen molar-refractivity contribution < 1.29 is 4.42 Å². The van der Waals surface area contributed by atoms with Crippen molar-refractivity contribution in [2.45, 2.75) is 0 Å². The Kier molecular flexibility index (Phi) is 6.35. The van der Waals surface area contributed by atoms with Crippen molar-refractivity contribution in [1.29, 1.82) is 0 Å². The highest BCUT2D eigenvalue weighted by atomic mass is 32.1. The third-order valence-electron chi connectivity index (χ3n) is 9.92. The van der Waals surface area contributed by atoms with Crippen molar-refractivity contribution >= 4 is 75.1 Å². The Morgan fingerprint density at radius 1 is 0.404 bits per heavy atom. The van der Waals surface area contributed by atoms with Crippen molar-refractivity contribution in [3.8, 4) is 45.4 Å². The molecule has 7 aromatic carbocycles. The van der Waals surface area contributed by atoms with Crippen LogP contribution in [0.5, 0.6) is 0 Å². The maximum absolute atomic E-state index is 6.27. The lowest BCUT2D eigenvalue weighted by atomic mass is 9.97. The van der Waals surface area contributed by atoms with Crippen LogP contribution in [0.3, 0.4) is 0 Å². The summed E-state index contributed by atoms with van der Waals surface area (Å²) in [6, 6.07) is 54.3. The normalized spacial score (nSPS) is 11.8. The summed E-state index contributed by atoms with van der Waals surface area (Å²) in [6.45, 7) is 0. The van der Waals surface area contributed by atoms with Crippen LogP contribution in [0, 0.1) is 0 Å². The van der Waals surface area contributed by atoms with E-state index < -0.39 is 0 Å². The quantitative estimate of drug-likeness (QED) is 0.173. The zero-order valence-electron chi connectivity index (χ0n) is 27.6. The van der Waals surface area contributed by atoms with Crippen molar-refractivity contribution in [3.05, 3.63) is 158 Å². The van der Waals surface area contributed by atoms with Gasteiger partial charge in [-0.05, 0) is 30.3 Å². The molecule has 4 heterocycles. The van der Waals surface area contributed by atoms with Crippen molar-refractivity contribution in [1.82, 2.24) is 19.9 Å². The molecule has 4 aromatic heterocycles. The van der Waals surface area contributed by atoms with E-state index in [1.807, 2.05) is 72.0 Å². The fourth-order valence-electron chi connectivity index (χ4n) is 7.53. The lowest BCUT2D eigenvalue weighted by Crippen LogP contribution is -2.00. The Balaban J connectivity index is 1.17. The minimum absolute atomic E-state index is 0.595. The number of fused-ring (bicyclic) bond motifs is 10. The van der Waals surface area contributed by atoms with Gasteiger partial charge >= 0.3 is 0 Å². The predicted molar refractivity (Wildman–Crippen MR) is 215 cm³/mol. The minimum atomic E-state index is 0.595. The SMILES string of the molecule is c1ccc(-c2nc(-c3ccc4c(c3)oc3ccccc34)nc(-c3cccc4sc5c(ccc6c(-c7ccccc7)nc7ccccc7c65)c34)n2)cc1. The van der Waals surface area contributed by atoms with E-state index in [0.717, 1.165) is 71.6 Å². The third-order valence-corrected chi connectivity index (χ3v) is 11.1. The van der Waals surface area contributed by atoms with Gasteiger partial charge in [0.15, 0.2) is 17.5 Å². The van der Waals surface area contributed by atoms with E-state index in [2.05, 4.69) is 97.1 Å². The van der Waals surface area contributed by atoms with Crippen LogP contribution < -0.4 is 0 Å². The number of rotatable bonds is 4. The minimum Gasteiger partial charge on any atom is -0.456 e. The molecule has 0 saturated carbocycles. The zero-order valence-corrected chi connectivity index (χ0v) is 28.4. The van der Waals surface area contributed by atoms with Gasteiger partial charge < -0.3 is 4.42 Å². The number of furan rings is 1. The van der Waals surface area contributed by atoms with Gasteiger partial charge in [-0.1, -0.05) is 127 Å². The fraction of sp³-hybridized carbons (Fsp3) is 0. The Morgan fingerprint density at radius 3 is 1.90 bits per heavy atom. The van der Waals surface area contributed by atoms with Crippen LogP contribution in [0.15, 0.2) is 162 Å². The summed E-state index contributed by atoms with van der Waals surface area (Å²) in [6.07, 6.45) is 0. The molecule has 0 spiro atoms. The van der Waals surface area contributed by atoms with Gasteiger partial charge in [0.1, 0.15) is 11.2 Å². The summed E-state index contributed by atoms with van der Waals surface area (Å²) in [7, 11) is 0. The average Bonchev–Trinajstić information content (AvgIpc) is 3.79. The molecule has 52 heavy (non-hydrogen) atoms. The van der Waals surface area contributed by atoms with E-state index in [1.165, 1.54) is 20.2 Å². The van der Waals surface area contributed by atoms with E-state index >= 15 is 0 Å². The van der Waals surface area contributed by atoms with Gasteiger partial charge in [0.25, 0.3) is 0 Å². The molecule has 0 aliphatic heterocycles. The molecule has 0 fully saturated rings. The van der Waals surface area contributed by atoms with E-state index in [1.54, 1.807) is 0 Å². The van der Waals surface area contributed by atoms with Crippen LogP contribution in [-0.4, -0.2) is 19.9 Å². The lowest BCUT2D eigenvalue weighted by Gasteiger charge is -2.11. The van der Waals surface area contributed by atoms with Crippen molar-refractivity contribution in [2.75, 3.05) is 0 Å². The summed E-state index contributed by atoms with van der Waals surface area (Å²) in [5, 5.41) is 7.96. The first-order valence-corrected chi connectivity index (χ1v) is 18.0. The highest BCUT2D eigenvalue weighted by Gasteiger charge is 2.20. The summed E-state index contributed by atoms with van der Waals surface area (Å²) in [5.41, 5.74) is 7.50. The summed E-state index contributed by atoms with van der Waals surface area (Å²) in [4.78, 5) is 20.6. The summed E-state index contributed by atoms with van der Waals surface area (Å²) < 4.78 is 8.67. The van der Waals surface area contributed by atoms with Crippen LogP contribution in [-0.2, 0) is 0 Å². The molecule has 5 nitrogen and oxygen atoms in total.